The van der Waals surface area contributed by atoms with Gasteiger partial charge in [0.25, 0.3) is 5.91 Å². The Bertz CT molecular complexity index is 622. The number of aryl methyl sites for hydroxylation is 2. The van der Waals surface area contributed by atoms with Crippen LogP contribution < -0.4 is 9.88 Å². The summed E-state index contributed by atoms with van der Waals surface area (Å²) in [6.07, 6.45) is 2.15. The van der Waals surface area contributed by atoms with E-state index in [-0.39, 0.29) is 45.2 Å². The summed E-state index contributed by atoms with van der Waals surface area (Å²) in [5, 5.41) is 2.76. The number of pyridine rings is 1. The molecule has 0 unspecified atom stereocenters. The van der Waals surface area contributed by atoms with E-state index in [1.54, 1.807) is 0 Å². The Morgan fingerprint density at radius 3 is 2.19 bits per heavy atom. The Labute approximate surface area is 147 Å². The third-order valence-corrected chi connectivity index (χ3v) is 2.93. The first-order valence-electron chi connectivity index (χ1n) is 6.17. The van der Waals surface area contributed by atoms with Gasteiger partial charge in [-0.2, -0.15) is 4.57 Å². The van der Waals surface area contributed by atoms with Crippen molar-refractivity contribution >= 4 is 11.6 Å². The average Bonchev–Trinajstić information content (AvgIpc) is 2.32. The van der Waals surface area contributed by atoms with E-state index in [0.717, 1.165) is 35.3 Å². The summed E-state index contributed by atoms with van der Waals surface area (Å²) in [6.45, 7) is 3.62. The predicted octanol–water partition coefficient (Wildman–Crippen LogP) is 2.51. The van der Waals surface area contributed by atoms with Crippen LogP contribution in [0.4, 0.5) is 14.5 Å². The van der Waals surface area contributed by atoms with Crippen LogP contribution in [-0.4, -0.2) is 5.91 Å². The van der Waals surface area contributed by atoms with Gasteiger partial charge in [0, 0.05) is 44.5 Å². The molecule has 3 nitrogen and oxygen atoms in total. The molecular formula is C15H15F2N2OY+. The van der Waals surface area contributed by atoms with Crippen LogP contribution in [0, 0.1) is 25.5 Å². The molecule has 1 aromatic carbocycles. The van der Waals surface area contributed by atoms with E-state index in [9.17, 15) is 13.6 Å². The summed E-state index contributed by atoms with van der Waals surface area (Å²) in [4.78, 5) is 11.9. The Kier molecular flexibility index (Phi) is 6.56. The first-order chi connectivity index (χ1) is 9.45. The van der Waals surface area contributed by atoms with E-state index >= 15 is 0 Å². The number of aromatic nitrogens is 1. The molecule has 1 N–H and O–H groups in total. The second kappa shape index (κ2) is 7.71. The van der Waals surface area contributed by atoms with Crippen molar-refractivity contribution in [1.82, 2.24) is 0 Å². The van der Waals surface area contributed by atoms with Crippen LogP contribution in [0.15, 0.2) is 36.7 Å². The second-order valence-electron chi connectivity index (χ2n) is 4.66. The number of hydrogen-bond acceptors (Lipinski definition) is 1. The molecule has 0 aliphatic heterocycles. The molecule has 0 saturated carbocycles. The van der Waals surface area contributed by atoms with Gasteiger partial charge in [0.05, 0.1) is 0 Å². The van der Waals surface area contributed by atoms with E-state index in [2.05, 4.69) is 5.32 Å². The van der Waals surface area contributed by atoms with Crippen LogP contribution in [0.2, 0.25) is 0 Å². The summed E-state index contributed by atoms with van der Waals surface area (Å²) in [5.74, 6) is -1.77. The number of carbonyl (C=O) groups excluding carboxylic acids is 1. The minimum absolute atomic E-state index is 0. The van der Waals surface area contributed by atoms with E-state index in [1.807, 2.05) is 32.0 Å². The summed E-state index contributed by atoms with van der Waals surface area (Å²) >= 11 is 0. The smallest absolute Gasteiger partial charge is 0.290 e. The number of nitrogens with one attached hydrogen (secondary N) is 1. The number of rotatable bonds is 3. The average molecular weight is 366 g/mol. The van der Waals surface area contributed by atoms with Crippen molar-refractivity contribution in [3.63, 3.8) is 0 Å². The molecule has 1 aromatic heterocycles. The van der Waals surface area contributed by atoms with Crippen molar-refractivity contribution in [3.8, 4) is 0 Å². The van der Waals surface area contributed by atoms with E-state index < -0.39 is 11.6 Å². The maximum absolute atomic E-state index is 13.0. The van der Waals surface area contributed by atoms with E-state index in [4.69, 9.17) is 0 Å². The molecule has 0 bridgehead atoms. The van der Waals surface area contributed by atoms with Gasteiger partial charge in [0.15, 0.2) is 11.6 Å². The van der Waals surface area contributed by atoms with Crippen LogP contribution in [-0.2, 0) is 44.0 Å². The monoisotopic (exact) mass is 366 g/mol. The van der Waals surface area contributed by atoms with Crippen molar-refractivity contribution in [1.29, 1.82) is 0 Å². The Morgan fingerprint density at radius 1 is 1.14 bits per heavy atom. The Morgan fingerprint density at radius 2 is 1.67 bits per heavy atom. The van der Waals surface area contributed by atoms with Crippen molar-refractivity contribution in [2.75, 3.05) is 5.32 Å². The van der Waals surface area contributed by atoms with Crippen LogP contribution in [0.5, 0.6) is 0 Å². The fourth-order valence-electron chi connectivity index (χ4n) is 2.01. The summed E-state index contributed by atoms with van der Waals surface area (Å²) in [7, 11) is 0. The Balaban J connectivity index is 0.00000220. The summed E-state index contributed by atoms with van der Waals surface area (Å²) in [6, 6.07) is 6.44. The molecule has 0 aliphatic rings. The van der Waals surface area contributed by atoms with Crippen molar-refractivity contribution in [2.45, 2.75) is 20.4 Å². The molecule has 0 atom stereocenters. The van der Waals surface area contributed by atoms with Gasteiger partial charge in [0.2, 0.25) is 18.9 Å². The summed E-state index contributed by atoms with van der Waals surface area (Å²) < 4.78 is 27.3. The van der Waals surface area contributed by atoms with E-state index in [0.29, 0.717) is 0 Å². The van der Waals surface area contributed by atoms with Crippen LogP contribution in [0.1, 0.15) is 11.1 Å². The fraction of sp³-hybridized carbons (Fsp3) is 0.200. The number of anilines is 1. The number of amides is 1. The van der Waals surface area contributed by atoms with Gasteiger partial charge in [-0.25, -0.2) is 8.78 Å². The fourth-order valence-corrected chi connectivity index (χ4v) is 2.01. The normalized spacial score (nSPS) is 9.90. The third kappa shape index (κ3) is 4.93. The maximum atomic E-state index is 13.0. The minimum atomic E-state index is -0.718. The van der Waals surface area contributed by atoms with Crippen molar-refractivity contribution in [2.24, 2.45) is 0 Å². The quantitative estimate of drug-likeness (QED) is 0.833. The molecule has 1 amide bonds. The van der Waals surface area contributed by atoms with Gasteiger partial charge >= 0.3 is 0 Å². The first-order valence-corrected chi connectivity index (χ1v) is 6.17. The molecule has 2 aromatic rings. The molecule has 1 radical (unpaired) electrons. The number of carbonyl (C=O) groups is 1. The zero-order valence-electron chi connectivity index (χ0n) is 11.9. The zero-order valence-corrected chi connectivity index (χ0v) is 14.7. The van der Waals surface area contributed by atoms with Gasteiger partial charge in [-0.1, -0.05) is 18.2 Å². The number of benzene rings is 1. The zero-order chi connectivity index (χ0) is 14.7. The van der Waals surface area contributed by atoms with Gasteiger partial charge in [0.1, 0.15) is 0 Å². The standard InChI is InChI=1S/C15H14F2N2O.Y/c1-10-4-3-5-11(2)15(10)18-14(20)9-19-7-12(16)6-13(17)8-19;/h3-8H,9H2,1-2H3;/p+1. The van der Waals surface area contributed by atoms with Gasteiger partial charge in [-0.3, -0.25) is 4.79 Å². The largest absolute Gasteiger partial charge is 0.320 e. The van der Waals surface area contributed by atoms with Crippen LogP contribution >= 0.6 is 0 Å². The van der Waals surface area contributed by atoms with Crippen molar-refractivity contribution < 1.29 is 50.9 Å². The molecular weight excluding hydrogens is 351 g/mol. The number of hydrogen-bond donors (Lipinski definition) is 1. The minimum Gasteiger partial charge on any atom is -0.320 e. The van der Waals surface area contributed by atoms with Gasteiger partial charge in [-0.15, -0.1) is 0 Å². The molecule has 6 heteroatoms. The molecule has 0 saturated heterocycles. The van der Waals surface area contributed by atoms with Crippen LogP contribution in [0.25, 0.3) is 0 Å². The SMILES string of the molecule is Cc1cccc(C)c1NC(=O)C[n+]1cc(F)cc(F)c1.[Y]. The topological polar surface area (TPSA) is 33.0 Å². The third-order valence-electron chi connectivity index (χ3n) is 2.93. The first kappa shape index (κ1) is 17.9. The van der Waals surface area contributed by atoms with Gasteiger partial charge in [-0.05, 0) is 25.0 Å². The Hall–Kier alpha value is -1.20. The van der Waals surface area contributed by atoms with E-state index in [1.165, 1.54) is 4.57 Å². The number of para-hydroxylation sites is 1. The molecule has 0 spiro atoms. The molecule has 0 fully saturated rings. The molecule has 0 aliphatic carbocycles. The second-order valence-corrected chi connectivity index (χ2v) is 4.66. The number of nitrogens with zero attached hydrogens (tertiary/aromatic N) is 1. The molecule has 2 rings (SSSR count). The predicted molar refractivity (Wildman–Crippen MR) is 71.1 cm³/mol. The summed E-state index contributed by atoms with van der Waals surface area (Å²) in [5.41, 5.74) is 2.61. The molecule has 21 heavy (non-hydrogen) atoms. The van der Waals surface area contributed by atoms with Gasteiger partial charge < -0.3 is 5.32 Å². The molecule has 107 valence electrons. The molecule has 1 heterocycles. The maximum Gasteiger partial charge on any atom is 0.290 e. The number of halogens is 2. The van der Waals surface area contributed by atoms with Crippen LogP contribution in [0.3, 0.4) is 0 Å². The van der Waals surface area contributed by atoms with Crippen molar-refractivity contribution in [3.05, 3.63) is 59.4 Å².